The summed E-state index contributed by atoms with van der Waals surface area (Å²) in [4.78, 5) is 38.9. The van der Waals surface area contributed by atoms with E-state index in [1.807, 2.05) is 44.2 Å². The highest BCUT2D eigenvalue weighted by Gasteiger charge is 2.34. The summed E-state index contributed by atoms with van der Waals surface area (Å²) in [6.07, 6.45) is 0.186. The third-order valence-corrected chi connectivity index (χ3v) is 7.82. The Hall–Kier alpha value is -3.04. The maximum absolute atomic E-state index is 13.2. The second-order valence-corrected chi connectivity index (χ2v) is 10.7. The molecule has 1 N–H and O–H groups in total. The van der Waals surface area contributed by atoms with E-state index in [0.717, 1.165) is 5.56 Å². The number of nitrogens with one attached hydrogen (secondary N) is 1. The van der Waals surface area contributed by atoms with Crippen LogP contribution in [0.5, 0.6) is 0 Å². The van der Waals surface area contributed by atoms with Gasteiger partial charge in [-0.3, -0.25) is 14.4 Å². The van der Waals surface area contributed by atoms with Crippen LogP contribution in [0.3, 0.4) is 0 Å². The summed E-state index contributed by atoms with van der Waals surface area (Å²) in [5.41, 5.74) is 1.31. The van der Waals surface area contributed by atoms with Crippen LogP contribution in [0, 0.1) is 5.92 Å². The zero-order valence-electron chi connectivity index (χ0n) is 19.7. The van der Waals surface area contributed by atoms with Crippen LogP contribution in [0.2, 0.25) is 0 Å². The summed E-state index contributed by atoms with van der Waals surface area (Å²) in [5.74, 6) is -0.687. The first-order chi connectivity index (χ1) is 16.1. The summed E-state index contributed by atoms with van der Waals surface area (Å²) in [6.45, 7) is 5.96. The predicted molar refractivity (Wildman–Crippen MR) is 129 cm³/mol. The van der Waals surface area contributed by atoms with E-state index in [1.165, 1.54) is 35.5 Å². The minimum atomic E-state index is -3.73. The molecule has 2 aromatic rings. The quantitative estimate of drug-likeness (QED) is 0.577. The number of benzene rings is 2. The highest BCUT2D eigenvalue weighted by atomic mass is 32.2. The highest BCUT2D eigenvalue weighted by molar-refractivity contribution is 7.89. The van der Waals surface area contributed by atoms with Gasteiger partial charge in [0.05, 0.1) is 11.3 Å². The maximum Gasteiger partial charge on any atom is 0.245 e. The van der Waals surface area contributed by atoms with E-state index in [9.17, 15) is 22.8 Å². The summed E-state index contributed by atoms with van der Waals surface area (Å²) < 4.78 is 27.3. The van der Waals surface area contributed by atoms with Gasteiger partial charge in [-0.15, -0.1) is 0 Å². The van der Waals surface area contributed by atoms with Crippen molar-refractivity contribution < 1.29 is 22.8 Å². The Morgan fingerprint density at radius 3 is 2.03 bits per heavy atom. The van der Waals surface area contributed by atoms with Crippen LogP contribution in [0.1, 0.15) is 36.7 Å². The average Bonchev–Trinajstić information content (AvgIpc) is 2.82. The molecule has 182 valence electrons. The normalized spacial score (nSPS) is 15.7. The first kappa shape index (κ1) is 25.6. The maximum atomic E-state index is 13.2. The standard InChI is InChI=1S/C25H31N3O5S/c1-18(2)24(26-23(30)17-20-7-5-4-6-8-20)25(31)27-13-15-28(16-14-27)34(32,33)22-11-9-21(10-12-22)19(3)29/h4-12,18,24H,13-17H2,1-3H3,(H,26,30)/t24-/m0/s1. The molecule has 0 radical (unpaired) electrons. The lowest BCUT2D eigenvalue weighted by Gasteiger charge is -2.36. The van der Waals surface area contributed by atoms with Gasteiger partial charge in [0.1, 0.15) is 6.04 Å². The molecular formula is C25H31N3O5S. The number of ketones is 1. The zero-order valence-corrected chi connectivity index (χ0v) is 20.5. The van der Waals surface area contributed by atoms with Crippen molar-refractivity contribution in [1.29, 1.82) is 0 Å². The first-order valence-corrected chi connectivity index (χ1v) is 12.8. The fourth-order valence-electron chi connectivity index (χ4n) is 3.88. The van der Waals surface area contributed by atoms with E-state index in [-0.39, 0.29) is 61.0 Å². The predicted octanol–water partition coefficient (Wildman–Crippen LogP) is 2.11. The molecular weight excluding hydrogens is 454 g/mol. The molecule has 34 heavy (non-hydrogen) atoms. The smallest absolute Gasteiger partial charge is 0.245 e. The molecule has 1 fully saturated rings. The van der Waals surface area contributed by atoms with Crippen LogP contribution in [0.25, 0.3) is 0 Å². The van der Waals surface area contributed by atoms with Crippen molar-refractivity contribution in [3.63, 3.8) is 0 Å². The molecule has 1 heterocycles. The van der Waals surface area contributed by atoms with Gasteiger partial charge in [-0.1, -0.05) is 56.3 Å². The summed E-state index contributed by atoms with van der Waals surface area (Å²) >= 11 is 0. The largest absolute Gasteiger partial charge is 0.344 e. The van der Waals surface area contributed by atoms with Crippen LogP contribution < -0.4 is 5.32 Å². The van der Waals surface area contributed by atoms with Crippen LogP contribution in [0.15, 0.2) is 59.5 Å². The van der Waals surface area contributed by atoms with Crippen LogP contribution in [-0.4, -0.2) is 67.4 Å². The second-order valence-electron chi connectivity index (χ2n) is 8.76. The Kier molecular flexibility index (Phi) is 8.22. The van der Waals surface area contributed by atoms with Crippen molar-refractivity contribution in [2.75, 3.05) is 26.2 Å². The molecule has 2 amide bonds. The lowest BCUT2D eigenvalue weighted by atomic mass is 10.0. The summed E-state index contributed by atoms with van der Waals surface area (Å²) in [5, 5.41) is 2.85. The Balaban J connectivity index is 1.61. The van der Waals surface area contributed by atoms with Gasteiger partial charge < -0.3 is 10.2 Å². The van der Waals surface area contributed by atoms with Crippen molar-refractivity contribution in [3.8, 4) is 0 Å². The molecule has 9 heteroatoms. The fourth-order valence-corrected chi connectivity index (χ4v) is 5.30. The molecule has 0 saturated carbocycles. The molecule has 0 bridgehead atoms. The third-order valence-electron chi connectivity index (χ3n) is 5.91. The molecule has 1 aliphatic rings. The fraction of sp³-hybridized carbons (Fsp3) is 0.400. The first-order valence-electron chi connectivity index (χ1n) is 11.3. The van der Waals surface area contributed by atoms with Gasteiger partial charge in [-0.2, -0.15) is 4.31 Å². The molecule has 1 saturated heterocycles. The van der Waals surface area contributed by atoms with E-state index >= 15 is 0 Å². The van der Waals surface area contributed by atoms with E-state index in [1.54, 1.807) is 4.90 Å². The number of sulfonamides is 1. The lowest BCUT2D eigenvalue weighted by molar-refractivity contribution is -0.138. The second kappa shape index (κ2) is 10.9. The monoisotopic (exact) mass is 485 g/mol. The minimum Gasteiger partial charge on any atom is -0.344 e. The van der Waals surface area contributed by atoms with Gasteiger partial charge in [0.15, 0.2) is 5.78 Å². The molecule has 1 atom stereocenters. The number of amides is 2. The molecule has 1 aliphatic heterocycles. The van der Waals surface area contributed by atoms with Gasteiger partial charge >= 0.3 is 0 Å². The number of hydrogen-bond donors (Lipinski definition) is 1. The molecule has 0 aromatic heterocycles. The number of hydrogen-bond acceptors (Lipinski definition) is 5. The Morgan fingerprint density at radius 1 is 0.912 bits per heavy atom. The van der Waals surface area contributed by atoms with Crippen molar-refractivity contribution in [3.05, 3.63) is 65.7 Å². The third kappa shape index (κ3) is 6.09. The number of rotatable bonds is 8. The van der Waals surface area contributed by atoms with Crippen molar-refractivity contribution >= 4 is 27.6 Å². The van der Waals surface area contributed by atoms with E-state index < -0.39 is 16.1 Å². The number of nitrogens with zero attached hydrogens (tertiary/aromatic N) is 2. The number of piperazine rings is 1. The lowest BCUT2D eigenvalue weighted by Crippen LogP contribution is -2.57. The van der Waals surface area contributed by atoms with Gasteiger partial charge in [0.2, 0.25) is 21.8 Å². The van der Waals surface area contributed by atoms with Gasteiger partial charge in [0.25, 0.3) is 0 Å². The van der Waals surface area contributed by atoms with Gasteiger partial charge in [-0.05, 0) is 30.5 Å². The highest BCUT2D eigenvalue weighted by Crippen LogP contribution is 2.19. The Labute approximate surface area is 201 Å². The van der Waals surface area contributed by atoms with Gasteiger partial charge in [-0.25, -0.2) is 8.42 Å². The molecule has 0 spiro atoms. The van der Waals surface area contributed by atoms with Crippen LogP contribution in [0.4, 0.5) is 0 Å². The van der Waals surface area contributed by atoms with Crippen molar-refractivity contribution in [2.45, 2.75) is 38.1 Å². The zero-order chi connectivity index (χ0) is 24.9. The Bertz CT molecular complexity index is 1120. The van der Waals surface area contributed by atoms with E-state index in [2.05, 4.69) is 5.32 Å². The van der Waals surface area contributed by atoms with E-state index in [4.69, 9.17) is 0 Å². The number of carbonyl (C=O) groups excluding carboxylic acids is 3. The summed E-state index contributed by atoms with van der Waals surface area (Å²) in [6, 6.07) is 14.5. The summed E-state index contributed by atoms with van der Waals surface area (Å²) in [7, 11) is -3.73. The number of Topliss-reactive ketones (excluding diaryl/α,β-unsaturated/α-hetero) is 1. The average molecular weight is 486 g/mol. The van der Waals surface area contributed by atoms with Crippen LogP contribution >= 0.6 is 0 Å². The molecule has 0 aliphatic carbocycles. The number of carbonyl (C=O) groups is 3. The Morgan fingerprint density at radius 2 is 1.50 bits per heavy atom. The van der Waals surface area contributed by atoms with E-state index in [0.29, 0.717) is 5.56 Å². The van der Waals surface area contributed by atoms with Gasteiger partial charge in [0, 0.05) is 31.7 Å². The molecule has 3 rings (SSSR count). The SMILES string of the molecule is CC(=O)c1ccc(S(=O)(=O)N2CCN(C(=O)[C@@H](NC(=O)Cc3ccccc3)C(C)C)CC2)cc1. The van der Waals surface area contributed by atoms with Crippen molar-refractivity contribution in [1.82, 2.24) is 14.5 Å². The minimum absolute atomic E-state index is 0.116. The van der Waals surface area contributed by atoms with Crippen molar-refractivity contribution in [2.24, 2.45) is 5.92 Å². The van der Waals surface area contributed by atoms with Crippen LogP contribution in [-0.2, 0) is 26.0 Å². The molecule has 2 aromatic carbocycles. The topological polar surface area (TPSA) is 104 Å². The molecule has 0 unspecified atom stereocenters. The molecule has 8 nitrogen and oxygen atoms in total.